The van der Waals surface area contributed by atoms with Crippen LogP contribution in [0.5, 0.6) is 0 Å². The Bertz CT molecular complexity index is 1070. The molecule has 3 rings (SSSR count). The highest BCUT2D eigenvalue weighted by atomic mass is 32.2. The lowest BCUT2D eigenvalue weighted by Crippen LogP contribution is -2.11. The molecule has 10 heteroatoms. The van der Waals surface area contributed by atoms with Crippen LogP contribution in [0.15, 0.2) is 51.7 Å². The van der Waals surface area contributed by atoms with Gasteiger partial charge in [-0.25, -0.2) is 8.42 Å². The molecule has 0 bridgehead atoms. The maximum Gasteiger partial charge on any atom is 0.341 e. The van der Waals surface area contributed by atoms with Crippen molar-refractivity contribution in [1.82, 2.24) is 10.2 Å². The van der Waals surface area contributed by atoms with Crippen LogP contribution in [0, 0.1) is 13.8 Å². The summed E-state index contributed by atoms with van der Waals surface area (Å²) < 4.78 is 48.8. The van der Waals surface area contributed by atoms with Crippen LogP contribution in [0.1, 0.15) is 16.7 Å². The minimum Gasteiger partial charge on any atom is -0.330 e. The van der Waals surface area contributed by atoms with Crippen LogP contribution in [0.4, 0.5) is 19.6 Å². The number of benzene rings is 2. The van der Waals surface area contributed by atoms with Gasteiger partial charge in [-0.3, -0.25) is 0 Å². The first-order valence-corrected chi connectivity index (χ1v) is 11.5. The third-order valence-corrected chi connectivity index (χ3v) is 7.54. The lowest BCUT2D eigenvalue weighted by molar-refractivity contribution is 0.234. The van der Waals surface area contributed by atoms with Crippen LogP contribution in [-0.4, -0.2) is 24.4 Å². The average Bonchev–Trinajstić information content (AvgIpc) is 3.11. The van der Waals surface area contributed by atoms with Crippen LogP contribution in [0.2, 0.25) is 0 Å². The third-order valence-electron chi connectivity index (χ3n) is 4.10. The molecule has 0 atom stereocenters. The molecule has 5 nitrogen and oxygen atoms in total. The highest BCUT2D eigenvalue weighted by Gasteiger charge is 2.26. The largest absolute Gasteiger partial charge is 0.341 e. The number of halogens is 2. The molecule has 28 heavy (non-hydrogen) atoms. The summed E-state index contributed by atoms with van der Waals surface area (Å²) in [4.78, 5) is -0.382. The molecule has 0 fully saturated rings. The Balaban J connectivity index is 1.62. The molecule has 0 saturated heterocycles. The zero-order valence-corrected chi connectivity index (χ0v) is 17.5. The first-order chi connectivity index (χ1) is 13.3. The number of anilines is 2. The number of hydrogen-bond donors (Lipinski definition) is 1. The molecule has 0 aliphatic rings. The molecule has 1 aromatic heterocycles. The number of nitrogens with zero attached hydrogens (tertiary/aromatic N) is 2. The molecule has 0 spiro atoms. The zero-order chi connectivity index (χ0) is 20.3. The summed E-state index contributed by atoms with van der Waals surface area (Å²) in [5, 5.41) is 12.2. The van der Waals surface area contributed by atoms with Crippen LogP contribution < -0.4 is 5.32 Å². The Hall–Kier alpha value is -2.04. The highest BCUT2D eigenvalue weighted by Crippen LogP contribution is 2.31. The van der Waals surface area contributed by atoms with Gasteiger partial charge < -0.3 is 5.32 Å². The molecule has 0 aliphatic carbocycles. The van der Waals surface area contributed by atoms with Crippen molar-refractivity contribution in [3.8, 4) is 0 Å². The van der Waals surface area contributed by atoms with Crippen LogP contribution in [-0.2, 0) is 15.6 Å². The fourth-order valence-corrected chi connectivity index (χ4v) is 4.78. The zero-order valence-electron chi connectivity index (χ0n) is 15.0. The van der Waals surface area contributed by atoms with E-state index in [1.54, 1.807) is 0 Å². The van der Waals surface area contributed by atoms with Crippen molar-refractivity contribution in [3.63, 3.8) is 0 Å². The Morgan fingerprint density at radius 1 is 1.11 bits per heavy atom. The van der Waals surface area contributed by atoms with Crippen molar-refractivity contribution in [3.05, 3.63) is 59.2 Å². The number of sulfone groups is 1. The number of alkyl halides is 2. The van der Waals surface area contributed by atoms with E-state index in [2.05, 4.69) is 15.5 Å². The van der Waals surface area contributed by atoms with Crippen LogP contribution in [0.25, 0.3) is 0 Å². The standard InChI is InChI=1S/C18H17F2N3O2S3/c1-11-4-3-5-15(12(11)2)21-17-22-23-18(27-17)26-10-13-6-8-14(9-7-13)28(24,25)16(19)20/h3-9,16H,10H2,1-2H3,(H,21,22). The Kier molecular flexibility index (Phi) is 6.31. The molecule has 0 unspecified atom stereocenters. The van der Waals surface area contributed by atoms with Gasteiger partial charge in [-0.2, -0.15) is 8.78 Å². The van der Waals surface area contributed by atoms with Crippen molar-refractivity contribution in [2.24, 2.45) is 0 Å². The second-order valence-corrected chi connectivity index (χ2v) is 10.1. The van der Waals surface area contributed by atoms with E-state index in [9.17, 15) is 17.2 Å². The number of aromatic nitrogens is 2. The SMILES string of the molecule is Cc1cccc(Nc2nnc(SCc3ccc(S(=O)(=O)C(F)F)cc3)s2)c1C. The maximum absolute atomic E-state index is 12.6. The number of aryl methyl sites for hydroxylation is 1. The predicted octanol–water partition coefficient (Wildman–Crippen LogP) is 5.19. The van der Waals surface area contributed by atoms with Crippen molar-refractivity contribution >= 4 is 43.8 Å². The summed E-state index contributed by atoms with van der Waals surface area (Å²) in [5.41, 5.74) is 4.10. The Morgan fingerprint density at radius 2 is 1.82 bits per heavy atom. The second-order valence-electron chi connectivity index (χ2n) is 5.98. The average molecular weight is 442 g/mol. The number of nitrogens with one attached hydrogen (secondary N) is 1. The minimum absolute atomic E-state index is 0.382. The molecule has 3 aromatic rings. The van der Waals surface area contributed by atoms with Crippen LogP contribution >= 0.6 is 23.1 Å². The van der Waals surface area contributed by atoms with Crippen molar-refractivity contribution in [2.75, 3.05) is 5.32 Å². The van der Waals surface area contributed by atoms with Gasteiger partial charge in [0.05, 0.1) is 4.90 Å². The molecule has 1 heterocycles. The van der Waals surface area contributed by atoms with Gasteiger partial charge in [0.15, 0.2) is 4.34 Å². The molecule has 148 valence electrons. The first-order valence-electron chi connectivity index (χ1n) is 8.18. The maximum atomic E-state index is 12.6. The van der Waals surface area contributed by atoms with E-state index in [4.69, 9.17) is 0 Å². The molecule has 0 aliphatic heterocycles. The van der Waals surface area contributed by atoms with Gasteiger partial charge in [0.2, 0.25) is 15.0 Å². The number of thioether (sulfide) groups is 1. The normalized spacial score (nSPS) is 11.8. The van der Waals surface area contributed by atoms with E-state index in [1.165, 1.54) is 52.9 Å². The van der Waals surface area contributed by atoms with Gasteiger partial charge in [0, 0.05) is 11.4 Å². The van der Waals surface area contributed by atoms with E-state index in [-0.39, 0.29) is 4.90 Å². The quantitative estimate of drug-likeness (QED) is 0.509. The van der Waals surface area contributed by atoms with E-state index in [1.807, 2.05) is 32.0 Å². The lowest BCUT2D eigenvalue weighted by atomic mass is 10.1. The smallest absolute Gasteiger partial charge is 0.330 e. The fourth-order valence-electron chi connectivity index (χ4n) is 2.34. The van der Waals surface area contributed by atoms with E-state index >= 15 is 0 Å². The van der Waals surface area contributed by atoms with Gasteiger partial charge in [-0.1, -0.05) is 47.4 Å². The fraction of sp³-hybridized carbons (Fsp3) is 0.222. The lowest BCUT2D eigenvalue weighted by Gasteiger charge is -2.08. The number of hydrogen-bond acceptors (Lipinski definition) is 7. The molecular weight excluding hydrogens is 424 g/mol. The molecular formula is C18H17F2N3O2S3. The highest BCUT2D eigenvalue weighted by molar-refractivity contribution is 8.00. The summed E-state index contributed by atoms with van der Waals surface area (Å²) in [7, 11) is -4.56. The Morgan fingerprint density at radius 3 is 2.50 bits per heavy atom. The van der Waals surface area contributed by atoms with Crippen molar-refractivity contribution in [2.45, 2.75) is 34.6 Å². The summed E-state index contributed by atoms with van der Waals surface area (Å²) in [5.74, 6) is -2.90. The molecule has 0 saturated carbocycles. The van der Waals surface area contributed by atoms with E-state index in [0.29, 0.717) is 10.9 Å². The van der Waals surface area contributed by atoms with Crippen molar-refractivity contribution in [1.29, 1.82) is 0 Å². The van der Waals surface area contributed by atoms with Gasteiger partial charge in [-0.05, 0) is 48.7 Å². The summed E-state index contributed by atoms with van der Waals surface area (Å²) in [6.07, 6.45) is 0. The van der Waals surface area contributed by atoms with Crippen LogP contribution in [0.3, 0.4) is 0 Å². The topological polar surface area (TPSA) is 72.0 Å². The first kappa shape index (κ1) is 20.7. The molecule has 0 radical (unpaired) electrons. The molecule has 1 N–H and O–H groups in total. The number of rotatable bonds is 7. The van der Waals surface area contributed by atoms with Gasteiger partial charge >= 0.3 is 5.76 Å². The monoisotopic (exact) mass is 441 g/mol. The van der Waals surface area contributed by atoms with Gasteiger partial charge in [-0.15, -0.1) is 10.2 Å². The summed E-state index contributed by atoms with van der Waals surface area (Å²) in [6.45, 7) is 4.08. The summed E-state index contributed by atoms with van der Waals surface area (Å²) in [6, 6.07) is 11.4. The third kappa shape index (κ3) is 4.68. The molecule has 0 amide bonds. The van der Waals surface area contributed by atoms with E-state index < -0.39 is 15.6 Å². The van der Waals surface area contributed by atoms with E-state index in [0.717, 1.165) is 21.2 Å². The van der Waals surface area contributed by atoms with Gasteiger partial charge in [0.1, 0.15) is 0 Å². The second kappa shape index (κ2) is 8.54. The minimum atomic E-state index is -4.56. The predicted molar refractivity (Wildman–Crippen MR) is 108 cm³/mol. The summed E-state index contributed by atoms with van der Waals surface area (Å²) >= 11 is 2.85. The molecule has 2 aromatic carbocycles. The van der Waals surface area contributed by atoms with Crippen molar-refractivity contribution < 1.29 is 17.2 Å². The van der Waals surface area contributed by atoms with Gasteiger partial charge in [0.25, 0.3) is 0 Å². The Labute approximate surface area is 170 Å².